The maximum absolute atomic E-state index is 14.8. The van der Waals surface area contributed by atoms with Crippen LogP contribution in [0.4, 0.5) is 8.78 Å². The largest absolute Gasteiger partial charge is 0.488 e. The molecule has 0 spiro atoms. The topological polar surface area (TPSA) is 72.5 Å². The first-order valence-electron chi connectivity index (χ1n) is 8.90. The predicted octanol–water partition coefficient (Wildman–Crippen LogP) is 3.46. The zero-order valence-electron chi connectivity index (χ0n) is 14.7. The van der Waals surface area contributed by atoms with Gasteiger partial charge in [0.1, 0.15) is 23.3 Å². The lowest BCUT2D eigenvalue weighted by atomic mass is 9.53. The van der Waals surface area contributed by atoms with Crippen LogP contribution >= 0.6 is 11.6 Å². The molecule has 4 aliphatic carbocycles. The van der Waals surface area contributed by atoms with Crippen LogP contribution < -0.4 is 9.46 Å². The van der Waals surface area contributed by atoms with Crippen LogP contribution in [0.1, 0.15) is 42.5 Å². The minimum atomic E-state index is -3.83. The van der Waals surface area contributed by atoms with Crippen LogP contribution in [-0.4, -0.2) is 32.4 Å². The van der Waals surface area contributed by atoms with Crippen molar-refractivity contribution in [2.75, 3.05) is 6.26 Å². The first-order valence-corrected chi connectivity index (χ1v) is 11.2. The fourth-order valence-corrected chi connectivity index (χ4v) is 5.89. The Labute approximate surface area is 161 Å². The summed E-state index contributed by atoms with van der Waals surface area (Å²) >= 11 is 6.16. The number of ether oxygens (including phenoxy) is 1. The number of hydrogen-bond donors (Lipinski definition) is 1. The van der Waals surface area contributed by atoms with E-state index in [1.54, 1.807) is 4.72 Å². The molecule has 4 saturated carbocycles. The summed E-state index contributed by atoms with van der Waals surface area (Å²) in [6, 6.07) is 2.05. The quantitative estimate of drug-likeness (QED) is 0.811. The van der Waals surface area contributed by atoms with E-state index in [9.17, 15) is 22.0 Å². The molecule has 4 bridgehead atoms. The van der Waals surface area contributed by atoms with E-state index in [0.717, 1.165) is 31.2 Å². The Morgan fingerprint density at radius 2 is 1.89 bits per heavy atom. The average molecular weight is 420 g/mol. The number of amides is 1. The Morgan fingerprint density at radius 1 is 1.26 bits per heavy atom. The number of carbonyl (C=O) groups excluding carboxylic acids is 1. The number of carbonyl (C=O) groups is 1. The molecule has 0 radical (unpaired) electrons. The summed E-state index contributed by atoms with van der Waals surface area (Å²) in [7, 11) is -3.83. The van der Waals surface area contributed by atoms with Gasteiger partial charge < -0.3 is 4.74 Å². The molecule has 5 rings (SSSR count). The van der Waals surface area contributed by atoms with E-state index in [1.165, 1.54) is 0 Å². The number of halogens is 3. The smallest absolute Gasteiger partial charge is 0.267 e. The highest BCUT2D eigenvalue weighted by molar-refractivity contribution is 7.89. The molecular formula is C18H20ClF2NO4S. The lowest BCUT2D eigenvalue weighted by Crippen LogP contribution is -2.56. The molecule has 0 aromatic heterocycles. The van der Waals surface area contributed by atoms with Crippen LogP contribution in [0.2, 0.25) is 5.02 Å². The van der Waals surface area contributed by atoms with Gasteiger partial charge in [-0.05, 0) is 55.9 Å². The molecule has 2 unspecified atom stereocenters. The Balaban J connectivity index is 1.55. The van der Waals surface area contributed by atoms with Gasteiger partial charge in [0.2, 0.25) is 10.0 Å². The molecule has 148 valence electrons. The fourth-order valence-electron chi connectivity index (χ4n) is 5.23. The van der Waals surface area contributed by atoms with Crippen LogP contribution in [0.25, 0.3) is 0 Å². The molecule has 0 heterocycles. The van der Waals surface area contributed by atoms with E-state index in [-0.39, 0.29) is 28.7 Å². The summed E-state index contributed by atoms with van der Waals surface area (Å²) < 4.78 is 59.2. The summed E-state index contributed by atoms with van der Waals surface area (Å²) in [6.07, 6.45) is 3.93. The van der Waals surface area contributed by atoms with E-state index in [4.69, 9.17) is 16.3 Å². The van der Waals surface area contributed by atoms with Crippen LogP contribution in [0.15, 0.2) is 12.1 Å². The molecule has 2 atom stereocenters. The van der Waals surface area contributed by atoms with Gasteiger partial charge in [-0.15, -0.1) is 0 Å². The van der Waals surface area contributed by atoms with Crippen molar-refractivity contribution in [3.63, 3.8) is 0 Å². The minimum absolute atomic E-state index is 0.0128. The summed E-state index contributed by atoms with van der Waals surface area (Å²) in [6.45, 7) is 0. The van der Waals surface area contributed by atoms with E-state index in [1.807, 2.05) is 0 Å². The minimum Gasteiger partial charge on any atom is -0.488 e. The molecule has 0 saturated heterocycles. The second-order valence-corrected chi connectivity index (χ2v) is 10.3. The van der Waals surface area contributed by atoms with Crippen LogP contribution in [0.3, 0.4) is 0 Å². The van der Waals surface area contributed by atoms with E-state index < -0.39 is 33.0 Å². The summed E-state index contributed by atoms with van der Waals surface area (Å²) in [4.78, 5) is 11.9. The van der Waals surface area contributed by atoms with Crippen molar-refractivity contribution in [3.8, 4) is 5.75 Å². The van der Waals surface area contributed by atoms with Gasteiger partial charge in [-0.25, -0.2) is 21.9 Å². The lowest BCUT2D eigenvalue weighted by Gasteiger charge is -2.56. The normalized spacial score (nSPS) is 34.5. The van der Waals surface area contributed by atoms with Gasteiger partial charge in [-0.2, -0.15) is 0 Å². The first kappa shape index (κ1) is 18.9. The second-order valence-electron chi connectivity index (χ2n) is 8.17. The van der Waals surface area contributed by atoms with Gasteiger partial charge in [-0.3, -0.25) is 4.79 Å². The Kier molecular flexibility index (Phi) is 4.42. The third kappa shape index (κ3) is 3.66. The number of sulfonamides is 1. The van der Waals surface area contributed by atoms with Gasteiger partial charge in [0.25, 0.3) is 5.91 Å². The van der Waals surface area contributed by atoms with E-state index in [2.05, 4.69) is 0 Å². The van der Waals surface area contributed by atoms with Crippen LogP contribution in [0.5, 0.6) is 5.75 Å². The molecular weight excluding hydrogens is 400 g/mol. The van der Waals surface area contributed by atoms with Crippen molar-refractivity contribution in [1.29, 1.82) is 0 Å². The molecule has 9 heteroatoms. The zero-order chi connectivity index (χ0) is 19.6. The number of benzene rings is 1. The van der Waals surface area contributed by atoms with Gasteiger partial charge in [0, 0.05) is 6.07 Å². The SMILES string of the molecule is CS(=O)(=O)NC(=O)c1cc(Cl)c(O[C@H]2C3CC4CC2C[C@](F)(C4)C3)cc1F. The summed E-state index contributed by atoms with van der Waals surface area (Å²) in [5.74, 6) is -1.39. The molecule has 4 fully saturated rings. The molecule has 27 heavy (non-hydrogen) atoms. The zero-order valence-corrected chi connectivity index (χ0v) is 16.2. The van der Waals surface area contributed by atoms with Gasteiger partial charge in [0.15, 0.2) is 0 Å². The molecule has 1 aromatic carbocycles. The van der Waals surface area contributed by atoms with Crippen molar-refractivity contribution in [1.82, 2.24) is 4.72 Å². The van der Waals surface area contributed by atoms with Crippen molar-refractivity contribution < 1.29 is 26.7 Å². The molecule has 1 aromatic rings. The van der Waals surface area contributed by atoms with E-state index in [0.29, 0.717) is 25.2 Å². The Bertz CT molecular complexity index is 891. The third-order valence-electron chi connectivity index (χ3n) is 5.92. The molecule has 1 N–H and O–H groups in total. The number of alkyl halides is 1. The first-order chi connectivity index (χ1) is 12.5. The fraction of sp³-hybridized carbons (Fsp3) is 0.611. The lowest BCUT2D eigenvalue weighted by molar-refractivity contribution is -0.134. The van der Waals surface area contributed by atoms with Gasteiger partial charge >= 0.3 is 0 Å². The predicted molar refractivity (Wildman–Crippen MR) is 95.5 cm³/mol. The second kappa shape index (κ2) is 6.30. The highest BCUT2D eigenvalue weighted by atomic mass is 35.5. The van der Waals surface area contributed by atoms with E-state index >= 15 is 0 Å². The molecule has 1 amide bonds. The molecule has 0 aliphatic heterocycles. The number of rotatable bonds is 4. The molecule has 4 aliphatic rings. The Morgan fingerprint density at radius 3 is 2.44 bits per heavy atom. The van der Waals surface area contributed by atoms with Gasteiger partial charge in [0.05, 0.1) is 16.8 Å². The third-order valence-corrected chi connectivity index (χ3v) is 6.77. The molecule has 5 nitrogen and oxygen atoms in total. The van der Waals surface area contributed by atoms with Crippen molar-refractivity contribution in [3.05, 3.63) is 28.5 Å². The van der Waals surface area contributed by atoms with Crippen molar-refractivity contribution in [2.45, 2.75) is 43.9 Å². The maximum Gasteiger partial charge on any atom is 0.267 e. The summed E-state index contributed by atoms with van der Waals surface area (Å²) in [5.41, 5.74) is -1.58. The van der Waals surface area contributed by atoms with Crippen molar-refractivity contribution in [2.24, 2.45) is 17.8 Å². The Hall–Kier alpha value is -1.41. The highest BCUT2D eigenvalue weighted by Gasteiger charge is 2.57. The average Bonchev–Trinajstić information content (AvgIpc) is 2.50. The van der Waals surface area contributed by atoms with Gasteiger partial charge in [-0.1, -0.05) is 11.6 Å². The van der Waals surface area contributed by atoms with Crippen LogP contribution in [0, 0.1) is 23.6 Å². The standard InChI is InChI=1S/C18H20ClF2NO4S/c1-27(24,25)22-17(23)12-4-13(19)15(5-14(12)20)26-16-10-2-9-3-11(16)8-18(21,6-9)7-10/h4-5,9-11,16H,2-3,6-8H2,1H3,(H,22,23)/t9?,10?,11?,16-,18-. The summed E-state index contributed by atoms with van der Waals surface area (Å²) in [5, 5.41) is 0.0128. The number of hydrogen-bond acceptors (Lipinski definition) is 4. The van der Waals surface area contributed by atoms with Crippen molar-refractivity contribution >= 4 is 27.5 Å². The van der Waals surface area contributed by atoms with Crippen LogP contribution in [-0.2, 0) is 10.0 Å². The number of nitrogens with one attached hydrogen (secondary N) is 1. The maximum atomic E-state index is 14.8. The monoisotopic (exact) mass is 419 g/mol. The highest BCUT2D eigenvalue weighted by Crippen LogP contribution is 2.58.